The Morgan fingerprint density at radius 2 is 1.06 bits per heavy atom. The van der Waals surface area contributed by atoms with Gasteiger partial charge in [-0.1, -0.05) is 120 Å². The number of carbonyl (C=O) groups is 3. The average Bonchev–Trinajstić information content (AvgIpc) is 1.12. The Balaban J connectivity index is 0.000000222. The van der Waals surface area contributed by atoms with Crippen LogP contribution in [0.5, 0.6) is 34.5 Å². The molecule has 4 fully saturated rings. The number of hydrogen-bond acceptors (Lipinski definition) is 19. The molecule has 0 radical (unpaired) electrons. The van der Waals surface area contributed by atoms with Gasteiger partial charge in [-0.25, -0.2) is 0 Å². The monoisotopic (exact) mass is 1570 g/mol. The summed E-state index contributed by atoms with van der Waals surface area (Å²) >= 11 is 27.1. The molecule has 2 aromatic heterocycles. The standard InChI is InChI=1S/C41H44Cl2N4O6.C35H33Cl2N3O5.C6H11NO2.CH3F/c1-27-30(7-4-8-33(27)34-9-5-11-37(40(34)43)51-16-6-13-46-15-12-32(48)24-46)26-53-39-19-38(52-25-29-17-28(20-44)21-45-22-29)31(18-35(39)42)23-47-14-3-2-10-36(47)41(49)50;1-23-26(22-45-34-15-33(27(20-41)14-31(34)36)44-21-25-13-24(16-38)17-39-18-25)5-2-6-29(23)30-7-3-8-32(35(30)37)43-12-4-10-40-11-9-28(42)19-40;8-6(9)5-3-1-2-4-7-5;1-2/h4-5,7-9,11,17-19,21-22,32,36,48H,2-3,6,10,12-16,23-26H2,1H3,(H,49,50);2-3,5-8,13-15,17-18,20,28,42H,4,9-12,19,21-22H2,1H3;5,7H,1-4H2,(H,8,9);1H3/t32-,36+;28-;5-;/m110./s1/i;;;1D. The Hall–Kier alpha value is -9.14. The number of β-amino-alcohol motifs (C(OH)–C–C–N with tert-alkyl or cyclic N) is 2. The van der Waals surface area contributed by atoms with Gasteiger partial charge in [-0.2, -0.15) is 10.5 Å². The molecule has 8 aromatic rings. The van der Waals surface area contributed by atoms with Crippen LogP contribution in [-0.4, -0.2) is 160 Å². The highest BCUT2D eigenvalue weighted by Crippen LogP contribution is 2.42. The van der Waals surface area contributed by atoms with E-state index in [9.17, 15) is 39.4 Å². The van der Waals surface area contributed by atoms with Crippen LogP contribution in [-0.2, 0) is 42.6 Å². The predicted octanol–water partition coefficient (Wildman–Crippen LogP) is 15.5. The number of aliphatic hydroxyl groups is 2. The molecule has 576 valence electrons. The Bertz CT molecular complexity index is 4490. The lowest BCUT2D eigenvalue weighted by Crippen LogP contribution is -2.44. The lowest BCUT2D eigenvalue weighted by Gasteiger charge is -2.33. The highest BCUT2D eigenvalue weighted by molar-refractivity contribution is 6.35. The summed E-state index contributed by atoms with van der Waals surface area (Å²) in [7, 11) is -1.00. The number of aldehydes is 1. The molecule has 6 heterocycles. The normalized spacial score (nSPS) is 17.1. The summed E-state index contributed by atoms with van der Waals surface area (Å²) in [5.41, 5.74) is 10.8. The number of rotatable bonds is 29. The lowest BCUT2D eigenvalue weighted by molar-refractivity contribution is -0.145. The third kappa shape index (κ3) is 24.2. The van der Waals surface area contributed by atoms with E-state index in [-0.39, 0.29) is 55.3 Å². The molecule has 0 aliphatic carbocycles. The number of nitriles is 2. The van der Waals surface area contributed by atoms with Crippen molar-refractivity contribution >= 4 is 64.6 Å². The van der Waals surface area contributed by atoms with E-state index < -0.39 is 25.1 Å². The van der Waals surface area contributed by atoms with Gasteiger partial charge in [0.1, 0.15) is 85.1 Å². The fourth-order valence-electron chi connectivity index (χ4n) is 13.3. The first-order chi connectivity index (χ1) is 53.3. The van der Waals surface area contributed by atoms with Crippen molar-refractivity contribution in [1.29, 1.82) is 10.5 Å². The minimum atomic E-state index is -1.00. The van der Waals surface area contributed by atoms with E-state index in [1.807, 2.05) is 97.6 Å². The molecule has 4 atom stereocenters. The number of nitrogens with one attached hydrogen (secondary N) is 1. The van der Waals surface area contributed by atoms with Crippen molar-refractivity contribution in [3.8, 4) is 68.9 Å². The molecule has 12 rings (SSSR count). The van der Waals surface area contributed by atoms with Crippen LogP contribution in [0.3, 0.4) is 0 Å². The Morgan fingerprint density at radius 3 is 1.53 bits per heavy atom. The molecule has 0 bridgehead atoms. The number of carboxylic acids is 2. The average molecular weight is 1570 g/mol. The summed E-state index contributed by atoms with van der Waals surface area (Å²) in [5.74, 6) is 1.29. The first kappa shape index (κ1) is 82.4. The maximum atomic E-state index is 12.1. The molecule has 109 heavy (non-hydrogen) atoms. The number of hydrogen-bond donors (Lipinski definition) is 5. The smallest absolute Gasteiger partial charge is 0.320 e. The second-order valence-corrected chi connectivity index (χ2v) is 28.4. The quantitative estimate of drug-likeness (QED) is 0.0215. The number of ether oxygens (including phenoxy) is 6. The number of pyridine rings is 2. The molecule has 4 saturated heterocycles. The molecular weight excluding hydrogens is 1480 g/mol. The third-order valence-corrected chi connectivity index (χ3v) is 20.6. The van der Waals surface area contributed by atoms with E-state index >= 15 is 0 Å². The van der Waals surface area contributed by atoms with Gasteiger partial charge in [-0.3, -0.25) is 33.6 Å². The van der Waals surface area contributed by atoms with E-state index in [1.165, 1.54) is 18.5 Å². The number of likely N-dealkylation sites (tertiary alicyclic amines) is 3. The van der Waals surface area contributed by atoms with Crippen LogP contribution in [0, 0.1) is 36.5 Å². The lowest BCUT2D eigenvalue weighted by atomic mass is 9.96. The molecule has 0 unspecified atom stereocenters. The third-order valence-electron chi connectivity index (χ3n) is 19.2. The van der Waals surface area contributed by atoms with Gasteiger partial charge in [0, 0.05) is 111 Å². The fourth-order valence-corrected chi connectivity index (χ4v) is 14.4. The number of carboxylic acid groups (broad SMARTS) is 2. The minimum absolute atomic E-state index is 0.109. The predicted molar refractivity (Wildman–Crippen MR) is 417 cm³/mol. The van der Waals surface area contributed by atoms with Gasteiger partial charge >= 0.3 is 11.9 Å². The van der Waals surface area contributed by atoms with Crippen molar-refractivity contribution in [2.45, 2.75) is 135 Å². The summed E-state index contributed by atoms with van der Waals surface area (Å²) in [6.45, 7) is 12.6. The molecule has 5 N–H and O–H groups in total. The number of aromatic nitrogens is 2. The molecule has 4 aliphatic rings. The number of carbonyl (C=O) groups excluding carboxylic acids is 1. The van der Waals surface area contributed by atoms with Gasteiger partial charge in [-0.05, 0) is 148 Å². The van der Waals surface area contributed by atoms with Crippen molar-refractivity contribution in [2.75, 3.05) is 72.7 Å². The molecule has 4 aliphatic heterocycles. The van der Waals surface area contributed by atoms with Crippen molar-refractivity contribution < 1.29 is 69.0 Å². The molecule has 0 amide bonds. The van der Waals surface area contributed by atoms with E-state index in [4.69, 9.17) is 86.6 Å². The van der Waals surface area contributed by atoms with Crippen LogP contribution in [0.4, 0.5) is 4.39 Å². The maximum Gasteiger partial charge on any atom is 0.320 e. The van der Waals surface area contributed by atoms with Crippen molar-refractivity contribution in [2.24, 2.45) is 0 Å². The van der Waals surface area contributed by atoms with E-state index in [2.05, 4.69) is 31.2 Å². The second kappa shape index (κ2) is 42.7. The number of halogens is 5. The van der Waals surface area contributed by atoms with E-state index in [0.717, 1.165) is 153 Å². The largest absolute Gasteiger partial charge is 0.492 e. The zero-order valence-corrected chi connectivity index (χ0v) is 64.0. The van der Waals surface area contributed by atoms with Crippen LogP contribution < -0.4 is 33.7 Å². The van der Waals surface area contributed by atoms with Crippen LogP contribution in [0.15, 0.2) is 134 Å². The van der Waals surface area contributed by atoms with Gasteiger partial charge in [0.25, 0.3) is 0 Å². The molecule has 21 nitrogen and oxygen atoms in total. The highest BCUT2D eigenvalue weighted by Gasteiger charge is 2.30. The van der Waals surface area contributed by atoms with Crippen molar-refractivity contribution in [3.05, 3.63) is 210 Å². The Morgan fingerprint density at radius 1 is 0.578 bits per heavy atom. The van der Waals surface area contributed by atoms with Gasteiger partial charge in [0.15, 0.2) is 6.29 Å². The van der Waals surface area contributed by atoms with Crippen LogP contribution in [0.25, 0.3) is 22.3 Å². The van der Waals surface area contributed by atoms with Gasteiger partial charge in [0.05, 0.1) is 70.7 Å². The topological polar surface area (TPSA) is 283 Å². The molecule has 6 aromatic carbocycles. The van der Waals surface area contributed by atoms with E-state index in [0.29, 0.717) is 112 Å². The summed E-state index contributed by atoms with van der Waals surface area (Å²) in [6.07, 6.45) is 15.0. The molecule has 26 heteroatoms. The molecule has 0 saturated carbocycles. The summed E-state index contributed by atoms with van der Waals surface area (Å²) < 4.78 is 52.3. The Kier molecular flexibility index (Phi) is 32.3. The van der Waals surface area contributed by atoms with Crippen LogP contribution in [0.1, 0.15) is 126 Å². The number of aliphatic hydroxyl groups excluding tert-OH is 2. The zero-order valence-electron chi connectivity index (χ0n) is 62.0. The van der Waals surface area contributed by atoms with Gasteiger partial charge < -0.3 is 64.0 Å². The first-order valence-corrected chi connectivity index (χ1v) is 37.7. The summed E-state index contributed by atoms with van der Waals surface area (Å²) in [4.78, 5) is 48.7. The number of alkyl halides is 1. The number of nitrogens with zero attached hydrogens (tertiary/aromatic N) is 7. The highest BCUT2D eigenvalue weighted by atomic mass is 35.5. The van der Waals surface area contributed by atoms with E-state index in [1.54, 1.807) is 42.7 Å². The summed E-state index contributed by atoms with van der Waals surface area (Å²) in [5, 5.41) is 61.0. The van der Waals surface area contributed by atoms with Crippen LogP contribution in [0.2, 0.25) is 20.1 Å². The van der Waals surface area contributed by atoms with Gasteiger partial charge in [0.2, 0.25) is 0 Å². The molecule has 0 spiro atoms. The fraction of sp³-hybridized carbons (Fsp3) is 0.386. The zero-order chi connectivity index (χ0) is 78.5. The second-order valence-electron chi connectivity index (χ2n) is 26.8. The number of benzene rings is 6. The number of aliphatic carboxylic acids is 2. The number of piperidine rings is 2. The molecular formula is C83H91Cl4FN8O13. The maximum absolute atomic E-state index is 12.1. The SMILES string of the molecule is Cc1c(COc2cc(OCc3cncc(C#N)c3)c(C=O)cc2Cl)cccc1-c1cccc(OCCCN2CC[C@@H](O)C2)c1Cl.Cc1c(COc2cc(OCc3cncc(C#N)c3)c(CN3CCCC[C@H]3C(=O)O)cc2Cl)cccc1-c1cccc(OCCCN2CC[C@@H](O)C2)c1Cl.O=C(O)[C@@H]1CCCCN1.[2H]CF. The Labute approximate surface area is 657 Å². The van der Waals surface area contributed by atoms with Crippen LogP contribution >= 0.6 is 46.4 Å². The van der Waals surface area contributed by atoms with Gasteiger partial charge in [-0.15, -0.1) is 0 Å². The first-order valence-electron chi connectivity index (χ1n) is 36.9. The minimum Gasteiger partial charge on any atom is -0.492 e. The van der Waals surface area contributed by atoms with Crippen molar-refractivity contribution in [1.82, 2.24) is 30.0 Å². The van der Waals surface area contributed by atoms with Crippen molar-refractivity contribution in [3.63, 3.8) is 0 Å². The summed E-state index contributed by atoms with van der Waals surface area (Å²) in [6, 6.07) is 36.8.